The molecule has 0 saturated carbocycles. The SMILES string of the molecule is CN(Cc1cc(=O)n2cc(Cl)ccc2n1)c1c(N)n(Cc2ccccc2)c(=O)[nH]c1=O. The highest BCUT2D eigenvalue weighted by Crippen LogP contribution is 2.18. The predicted octanol–water partition coefficient (Wildman–Crippen LogP) is 1.46. The summed E-state index contributed by atoms with van der Waals surface area (Å²) < 4.78 is 2.64. The molecule has 9 nitrogen and oxygen atoms in total. The average Bonchev–Trinajstić information content (AvgIpc) is 2.72. The fraction of sp³-hybridized carbons (Fsp3) is 0.143. The van der Waals surface area contributed by atoms with E-state index >= 15 is 0 Å². The Bertz CT molecular complexity index is 1440. The van der Waals surface area contributed by atoms with Crippen LogP contribution in [-0.4, -0.2) is 26.0 Å². The van der Waals surface area contributed by atoms with Gasteiger partial charge in [-0.2, -0.15) is 0 Å². The van der Waals surface area contributed by atoms with Gasteiger partial charge in [-0.3, -0.25) is 23.5 Å². The second kappa shape index (κ2) is 8.11. The highest BCUT2D eigenvalue weighted by Gasteiger charge is 2.17. The van der Waals surface area contributed by atoms with E-state index in [-0.39, 0.29) is 30.2 Å². The molecule has 0 fully saturated rings. The molecule has 0 atom stereocenters. The molecule has 3 aromatic heterocycles. The van der Waals surface area contributed by atoms with Crippen molar-refractivity contribution in [2.24, 2.45) is 0 Å². The van der Waals surface area contributed by atoms with Crippen LogP contribution < -0.4 is 27.4 Å². The average molecular weight is 439 g/mol. The number of H-pyrrole nitrogens is 1. The second-order valence-corrected chi connectivity index (χ2v) is 7.52. The van der Waals surface area contributed by atoms with Crippen molar-refractivity contribution >= 4 is 28.8 Å². The molecule has 1 aromatic carbocycles. The summed E-state index contributed by atoms with van der Waals surface area (Å²) >= 11 is 5.94. The highest BCUT2D eigenvalue weighted by atomic mass is 35.5. The normalized spacial score (nSPS) is 11.0. The van der Waals surface area contributed by atoms with Gasteiger partial charge < -0.3 is 10.6 Å². The Balaban J connectivity index is 1.71. The van der Waals surface area contributed by atoms with E-state index in [0.717, 1.165) is 5.56 Å². The van der Waals surface area contributed by atoms with Crippen LogP contribution >= 0.6 is 11.6 Å². The van der Waals surface area contributed by atoms with Crippen LogP contribution in [0.15, 0.2) is 69.1 Å². The minimum Gasteiger partial charge on any atom is -0.383 e. The zero-order valence-electron chi connectivity index (χ0n) is 16.6. The number of nitrogens with zero attached hydrogens (tertiary/aromatic N) is 4. The fourth-order valence-electron chi connectivity index (χ4n) is 3.40. The van der Waals surface area contributed by atoms with E-state index in [2.05, 4.69) is 9.97 Å². The number of aromatic amines is 1. The first kappa shape index (κ1) is 20.4. The van der Waals surface area contributed by atoms with Crippen LogP contribution in [0.3, 0.4) is 0 Å². The minimum absolute atomic E-state index is 0.0318. The first-order valence-corrected chi connectivity index (χ1v) is 9.77. The topological polar surface area (TPSA) is 118 Å². The van der Waals surface area contributed by atoms with E-state index in [1.807, 2.05) is 30.3 Å². The number of nitrogen functional groups attached to an aromatic ring is 1. The third kappa shape index (κ3) is 4.08. The Hall–Kier alpha value is -3.85. The van der Waals surface area contributed by atoms with Crippen molar-refractivity contribution in [2.45, 2.75) is 13.1 Å². The summed E-state index contributed by atoms with van der Waals surface area (Å²) in [5.41, 5.74) is 6.56. The molecule has 3 N–H and O–H groups in total. The highest BCUT2D eigenvalue weighted by molar-refractivity contribution is 6.30. The van der Waals surface area contributed by atoms with Gasteiger partial charge in [0.1, 0.15) is 17.2 Å². The van der Waals surface area contributed by atoms with Gasteiger partial charge >= 0.3 is 5.69 Å². The van der Waals surface area contributed by atoms with Crippen LogP contribution in [0.25, 0.3) is 5.65 Å². The predicted molar refractivity (Wildman–Crippen MR) is 120 cm³/mol. The van der Waals surface area contributed by atoms with Crippen LogP contribution in [0.2, 0.25) is 5.02 Å². The van der Waals surface area contributed by atoms with Crippen molar-refractivity contribution in [1.82, 2.24) is 18.9 Å². The summed E-state index contributed by atoms with van der Waals surface area (Å²) in [7, 11) is 1.64. The molecule has 10 heteroatoms. The Labute approximate surface area is 181 Å². The first-order chi connectivity index (χ1) is 14.8. The standard InChI is InChI=1S/C21H19ClN6O3/c1-26(12-15-9-17(29)27-11-14(22)7-8-16(27)24-15)18-19(23)28(21(31)25-20(18)30)10-13-5-3-2-4-6-13/h2-9,11H,10,12,23H2,1H3,(H,25,30,31). The molecule has 0 spiro atoms. The number of halogens is 1. The van der Waals surface area contributed by atoms with Crippen LogP contribution in [0.4, 0.5) is 11.5 Å². The molecule has 0 aliphatic carbocycles. The minimum atomic E-state index is -0.612. The molecular weight excluding hydrogens is 420 g/mol. The molecule has 0 saturated heterocycles. The number of rotatable bonds is 5. The van der Waals surface area contributed by atoms with Crippen molar-refractivity contribution < 1.29 is 0 Å². The molecule has 3 heterocycles. The molecule has 0 bridgehead atoms. The quantitative estimate of drug-likeness (QED) is 0.487. The number of benzene rings is 1. The Morgan fingerprint density at radius 3 is 2.61 bits per heavy atom. The summed E-state index contributed by atoms with van der Waals surface area (Å²) in [6, 6.07) is 13.9. The zero-order chi connectivity index (χ0) is 22.1. The molecule has 4 aromatic rings. The lowest BCUT2D eigenvalue weighted by Gasteiger charge is -2.21. The van der Waals surface area contributed by atoms with Crippen molar-refractivity contribution in [1.29, 1.82) is 0 Å². The Morgan fingerprint density at radius 1 is 1.13 bits per heavy atom. The fourth-order valence-corrected chi connectivity index (χ4v) is 3.56. The molecule has 0 amide bonds. The molecule has 158 valence electrons. The van der Waals surface area contributed by atoms with Gasteiger partial charge in [-0.1, -0.05) is 41.9 Å². The third-order valence-electron chi connectivity index (χ3n) is 4.86. The number of aromatic nitrogens is 4. The summed E-state index contributed by atoms with van der Waals surface area (Å²) in [5.74, 6) is 0.0318. The number of hydrogen-bond donors (Lipinski definition) is 2. The van der Waals surface area contributed by atoms with Crippen LogP contribution in [0.5, 0.6) is 0 Å². The number of hydrogen-bond acceptors (Lipinski definition) is 6. The lowest BCUT2D eigenvalue weighted by Crippen LogP contribution is -2.37. The molecular formula is C21H19ClN6O3. The lowest BCUT2D eigenvalue weighted by molar-refractivity contribution is 0.724. The van der Waals surface area contributed by atoms with Crippen molar-refractivity contribution in [3.63, 3.8) is 0 Å². The molecule has 4 rings (SSSR count). The number of fused-ring (bicyclic) bond motifs is 1. The number of anilines is 2. The molecule has 31 heavy (non-hydrogen) atoms. The van der Waals surface area contributed by atoms with Gasteiger partial charge in [0.2, 0.25) is 0 Å². The molecule has 0 aliphatic heterocycles. The number of pyridine rings is 1. The van der Waals surface area contributed by atoms with Gasteiger partial charge in [-0.15, -0.1) is 0 Å². The summed E-state index contributed by atoms with van der Waals surface area (Å²) in [6.45, 7) is 0.338. The summed E-state index contributed by atoms with van der Waals surface area (Å²) in [4.78, 5) is 45.6. The van der Waals surface area contributed by atoms with Gasteiger partial charge in [0.15, 0.2) is 0 Å². The maximum atomic E-state index is 12.5. The van der Waals surface area contributed by atoms with Gasteiger partial charge in [0, 0.05) is 19.3 Å². The number of nitrogens with one attached hydrogen (secondary N) is 1. The largest absolute Gasteiger partial charge is 0.383 e. The molecule has 0 radical (unpaired) electrons. The van der Waals surface area contributed by atoms with E-state index in [9.17, 15) is 14.4 Å². The third-order valence-corrected chi connectivity index (χ3v) is 5.08. The summed E-state index contributed by atoms with van der Waals surface area (Å²) in [6.07, 6.45) is 1.49. The van der Waals surface area contributed by atoms with E-state index in [1.54, 1.807) is 24.1 Å². The van der Waals surface area contributed by atoms with Crippen LogP contribution in [-0.2, 0) is 13.1 Å². The zero-order valence-corrected chi connectivity index (χ0v) is 17.3. The maximum Gasteiger partial charge on any atom is 0.330 e. The van der Waals surface area contributed by atoms with E-state index in [4.69, 9.17) is 17.3 Å². The number of nitrogens with two attached hydrogens (primary N) is 1. The second-order valence-electron chi connectivity index (χ2n) is 7.08. The monoisotopic (exact) mass is 438 g/mol. The van der Waals surface area contributed by atoms with Crippen LogP contribution in [0, 0.1) is 0 Å². The van der Waals surface area contributed by atoms with Gasteiger partial charge in [-0.05, 0) is 17.7 Å². The van der Waals surface area contributed by atoms with E-state index in [1.165, 1.54) is 21.2 Å². The first-order valence-electron chi connectivity index (χ1n) is 9.39. The Morgan fingerprint density at radius 2 is 1.87 bits per heavy atom. The van der Waals surface area contributed by atoms with Gasteiger partial charge in [-0.25, -0.2) is 9.78 Å². The maximum absolute atomic E-state index is 12.5. The van der Waals surface area contributed by atoms with Crippen molar-refractivity contribution in [3.8, 4) is 0 Å². The lowest BCUT2D eigenvalue weighted by atomic mass is 10.2. The van der Waals surface area contributed by atoms with Gasteiger partial charge in [0.25, 0.3) is 11.1 Å². The van der Waals surface area contributed by atoms with Crippen LogP contribution in [0.1, 0.15) is 11.3 Å². The smallest absolute Gasteiger partial charge is 0.330 e. The van der Waals surface area contributed by atoms with Crippen molar-refractivity contribution in [3.05, 3.63) is 102 Å². The van der Waals surface area contributed by atoms with Gasteiger partial charge in [0.05, 0.1) is 23.8 Å². The molecule has 0 unspecified atom stereocenters. The van der Waals surface area contributed by atoms with E-state index < -0.39 is 11.2 Å². The van der Waals surface area contributed by atoms with E-state index in [0.29, 0.717) is 16.4 Å². The Kier molecular flexibility index (Phi) is 5.35. The summed E-state index contributed by atoms with van der Waals surface area (Å²) in [5, 5.41) is 0.418. The molecule has 0 aliphatic rings. The van der Waals surface area contributed by atoms with Crippen molar-refractivity contribution in [2.75, 3.05) is 17.7 Å².